The van der Waals surface area contributed by atoms with E-state index in [4.69, 9.17) is 29.3 Å². The molecule has 6 aliphatic rings. The Morgan fingerprint density at radius 3 is 2.24 bits per heavy atom. The zero-order chi connectivity index (χ0) is 51.5. The fourth-order valence-corrected chi connectivity index (χ4v) is 10.8. The number of hydrogen-bond acceptors (Lipinski definition) is 14. The van der Waals surface area contributed by atoms with Gasteiger partial charge in [-0.25, -0.2) is 4.79 Å². The molecular weight excluding hydrogens is 905 g/mol. The molecule has 6 aliphatic heterocycles. The zero-order valence-corrected chi connectivity index (χ0v) is 43.1. The normalized spacial score (nSPS) is 28.7. The van der Waals surface area contributed by atoms with Crippen molar-refractivity contribution in [2.24, 2.45) is 39.6 Å². The standard InChI is InChI=1S/C54H70N6O9.CH4O/c1-31(2)30-58-22-20-54(21-23-58)56-42-39-40-46(62)37(8)49-41(39)50(64)53(9,69-49)67-28-14-17-33(4)48(68-52(66)60-26-24-59(25-27-60)38-18-11-10-12-19-38)36(7)45(61)35(6)29-32(3)15-13-16-34(5)51(65)55-44(47(40)63)43(42)57-54;1-2/h10-16,18-19,28,31-33,35-36,45,48,61-63H,17,20-27,29-30H2,1-9H3,(H,55,65);2H,1H3/b15-13+,28-14+,34-16-;/t32?,33-,35-,36-,45?,48?,53?;/m1./s1. The highest BCUT2D eigenvalue weighted by Crippen LogP contribution is 2.50. The number of carbonyl (C=O) groups is 3. The molecule has 0 radical (unpaired) electrons. The van der Waals surface area contributed by atoms with E-state index in [0.717, 1.165) is 32.4 Å². The molecule has 3 aromatic rings. The second-order valence-electron chi connectivity index (χ2n) is 20.7. The number of piperazine rings is 1. The lowest BCUT2D eigenvalue weighted by molar-refractivity contribution is -0.112. The number of ether oxygens (including phenoxy) is 3. The number of anilines is 2. The fourth-order valence-electron chi connectivity index (χ4n) is 10.8. The van der Waals surface area contributed by atoms with Gasteiger partial charge in [-0.05, 0) is 68.6 Å². The lowest BCUT2D eigenvalue weighted by Gasteiger charge is -2.39. The minimum atomic E-state index is -1.88. The van der Waals surface area contributed by atoms with Crippen LogP contribution in [0.2, 0.25) is 0 Å². The van der Waals surface area contributed by atoms with Gasteiger partial charge in [0.05, 0.1) is 28.7 Å². The number of hydrogen-bond donors (Lipinski definition) is 5. The van der Waals surface area contributed by atoms with Gasteiger partial charge < -0.3 is 54.7 Å². The maximum absolute atomic E-state index is 14.8. The predicted molar refractivity (Wildman–Crippen MR) is 273 cm³/mol. The Balaban J connectivity index is 0.00000366. The molecule has 16 heteroatoms. The largest absolute Gasteiger partial charge is 0.507 e. The van der Waals surface area contributed by atoms with Crippen LogP contribution in [-0.2, 0) is 14.3 Å². The van der Waals surface area contributed by atoms with E-state index in [1.807, 2.05) is 58.0 Å². The van der Waals surface area contributed by atoms with Crippen molar-refractivity contribution in [3.8, 4) is 17.2 Å². The van der Waals surface area contributed by atoms with Gasteiger partial charge in [0, 0.05) is 101 Å². The van der Waals surface area contributed by atoms with E-state index in [9.17, 15) is 29.7 Å². The Hall–Kier alpha value is -5.97. The van der Waals surface area contributed by atoms with Crippen molar-refractivity contribution >= 4 is 39.9 Å². The molecule has 4 unspecified atom stereocenters. The van der Waals surface area contributed by atoms with Gasteiger partial charge in [-0.3, -0.25) is 19.6 Å². The molecule has 9 rings (SSSR count). The number of nitrogens with zero attached hydrogens (tertiary/aromatic N) is 5. The number of aliphatic hydroxyl groups excluding tert-OH is 2. The smallest absolute Gasteiger partial charge is 0.410 e. The van der Waals surface area contributed by atoms with Crippen molar-refractivity contribution in [3.63, 3.8) is 0 Å². The monoisotopic (exact) mass is 979 g/mol. The Labute approximate surface area is 417 Å². The third-order valence-corrected chi connectivity index (χ3v) is 14.8. The summed E-state index contributed by atoms with van der Waals surface area (Å²) in [6, 6.07) is 10.1. The summed E-state index contributed by atoms with van der Waals surface area (Å²) < 4.78 is 18.9. The number of piperidine rings is 1. The third kappa shape index (κ3) is 10.8. The highest BCUT2D eigenvalue weighted by molar-refractivity contribution is 6.19. The van der Waals surface area contributed by atoms with E-state index in [0.29, 0.717) is 63.4 Å². The number of nitrogens with one attached hydrogen (secondary N) is 1. The van der Waals surface area contributed by atoms with Crippen LogP contribution >= 0.6 is 0 Å². The first-order valence-electron chi connectivity index (χ1n) is 25.2. The van der Waals surface area contributed by atoms with E-state index in [1.54, 1.807) is 30.9 Å². The molecule has 384 valence electrons. The van der Waals surface area contributed by atoms with Gasteiger partial charge in [-0.1, -0.05) is 78.0 Å². The molecule has 0 aliphatic carbocycles. The third-order valence-electron chi connectivity index (χ3n) is 14.8. The second kappa shape index (κ2) is 21.8. The number of carbonyl (C=O) groups excluding carboxylic acids is 3. The fraction of sp³-hybridized carbons (Fsp3) is 0.545. The number of likely N-dealkylation sites (tertiary alicyclic amines) is 1. The second-order valence-corrected chi connectivity index (χ2v) is 20.7. The zero-order valence-electron chi connectivity index (χ0n) is 43.1. The molecule has 1 spiro atoms. The summed E-state index contributed by atoms with van der Waals surface area (Å²) in [5, 5.41) is 46.5. The Morgan fingerprint density at radius 1 is 0.915 bits per heavy atom. The van der Waals surface area contributed by atoms with E-state index in [-0.39, 0.29) is 67.6 Å². The Bertz CT molecular complexity index is 2690. The summed E-state index contributed by atoms with van der Waals surface area (Å²) >= 11 is 0. The minimum Gasteiger partial charge on any atom is -0.507 e. The number of aliphatic hydroxyl groups is 2. The number of ketones is 1. The van der Waals surface area contributed by atoms with Gasteiger partial charge in [0.1, 0.15) is 28.6 Å². The highest BCUT2D eigenvalue weighted by Gasteiger charge is 2.50. The number of aromatic hydroxyl groups is 2. The maximum Gasteiger partial charge on any atom is 0.410 e. The van der Waals surface area contributed by atoms with Crippen LogP contribution in [0.15, 0.2) is 76.5 Å². The Morgan fingerprint density at radius 2 is 1.58 bits per heavy atom. The van der Waals surface area contributed by atoms with Crippen molar-refractivity contribution in [1.29, 1.82) is 0 Å². The van der Waals surface area contributed by atoms with Crippen LogP contribution in [0.3, 0.4) is 0 Å². The molecule has 2 saturated heterocycles. The summed E-state index contributed by atoms with van der Waals surface area (Å²) in [5.74, 6) is -4.07. The van der Waals surface area contributed by atoms with Crippen LogP contribution < -0.4 is 25.7 Å². The SMILES string of the molecule is C/C1=C/C=C/C(C)C[C@@H](C)C(O)[C@@H](C)C(OC(=O)N2CCN(c3ccccc3)CC2)[C@H](C)C/C=C/OC2(C)Oc3c(C)c(O)c4c(O)c(c5c(c4c3C2=O)=NC2(CCN(CC(C)C)CC2)N=5)NC1=O.CO. The number of Topliss-reactive ketones (excluding diaryl/α,β-unsaturated/α-hetero) is 1. The minimum absolute atomic E-state index is 0.00378. The summed E-state index contributed by atoms with van der Waals surface area (Å²) in [5.41, 5.74) is 0.795. The molecule has 0 saturated carbocycles. The van der Waals surface area contributed by atoms with Crippen molar-refractivity contribution < 1.29 is 49.0 Å². The topological polar surface area (TPSA) is 206 Å². The van der Waals surface area contributed by atoms with Crippen molar-refractivity contribution in [2.75, 3.05) is 63.1 Å². The summed E-state index contributed by atoms with van der Waals surface area (Å²) in [7, 11) is 1.00. The summed E-state index contributed by atoms with van der Waals surface area (Å²) in [4.78, 5) is 59.5. The molecule has 5 bridgehead atoms. The number of benzene rings is 3. The number of phenols is 2. The molecule has 2 amide bonds. The molecule has 6 heterocycles. The van der Waals surface area contributed by atoms with Gasteiger partial charge in [0.25, 0.3) is 11.7 Å². The average Bonchev–Trinajstić information content (AvgIpc) is 3.86. The summed E-state index contributed by atoms with van der Waals surface area (Å²) in [6.45, 7) is 21.7. The van der Waals surface area contributed by atoms with Crippen molar-refractivity contribution in [1.82, 2.24) is 9.80 Å². The molecular formula is C55H74N6O10. The number of allylic oxidation sites excluding steroid dienone is 4. The first-order chi connectivity index (χ1) is 33.8. The summed E-state index contributed by atoms with van der Waals surface area (Å²) in [6.07, 6.45) is 8.81. The molecule has 7 atom stereocenters. The molecule has 2 fully saturated rings. The van der Waals surface area contributed by atoms with Crippen LogP contribution in [0.5, 0.6) is 17.2 Å². The van der Waals surface area contributed by atoms with E-state index < -0.39 is 53.1 Å². The first kappa shape index (κ1) is 52.8. The highest BCUT2D eigenvalue weighted by atomic mass is 16.7. The van der Waals surface area contributed by atoms with Gasteiger partial charge in [-0.2, -0.15) is 0 Å². The van der Waals surface area contributed by atoms with Crippen LogP contribution in [0.25, 0.3) is 10.8 Å². The van der Waals surface area contributed by atoms with Gasteiger partial charge in [-0.15, -0.1) is 0 Å². The number of phenolic OH excluding ortho intramolecular Hbond substituents is 2. The lowest BCUT2D eigenvalue weighted by Crippen LogP contribution is -2.51. The quantitative estimate of drug-likeness (QED) is 0.165. The van der Waals surface area contributed by atoms with Crippen molar-refractivity contribution in [2.45, 2.75) is 112 Å². The molecule has 16 nitrogen and oxygen atoms in total. The first-order valence-corrected chi connectivity index (χ1v) is 25.2. The van der Waals surface area contributed by atoms with Crippen LogP contribution in [-0.4, -0.2) is 125 Å². The molecule has 71 heavy (non-hydrogen) atoms. The number of rotatable bonds is 4. The number of fused-ring (bicyclic) bond motifs is 13. The van der Waals surface area contributed by atoms with Crippen LogP contribution in [0.1, 0.15) is 97.0 Å². The number of para-hydroxylation sites is 1. The van der Waals surface area contributed by atoms with E-state index in [2.05, 4.69) is 41.1 Å². The lowest BCUT2D eigenvalue weighted by atomic mass is 9.80. The maximum atomic E-state index is 14.8. The van der Waals surface area contributed by atoms with E-state index >= 15 is 0 Å². The molecule has 5 N–H and O–H groups in total. The number of amides is 2. The van der Waals surface area contributed by atoms with Gasteiger partial charge >= 0.3 is 11.9 Å². The van der Waals surface area contributed by atoms with Gasteiger partial charge in [0.2, 0.25) is 0 Å². The van der Waals surface area contributed by atoms with Crippen molar-refractivity contribution in [3.05, 3.63) is 88.3 Å². The average molecular weight is 979 g/mol. The van der Waals surface area contributed by atoms with Gasteiger partial charge in [0.15, 0.2) is 11.4 Å². The molecule has 0 aromatic heterocycles. The molecule has 3 aromatic carbocycles. The Kier molecular flexibility index (Phi) is 16.2. The predicted octanol–water partition coefficient (Wildman–Crippen LogP) is 7.16. The van der Waals surface area contributed by atoms with Crippen LogP contribution in [0, 0.1) is 36.5 Å². The van der Waals surface area contributed by atoms with E-state index in [1.165, 1.54) is 13.2 Å². The van der Waals surface area contributed by atoms with Crippen LogP contribution in [0.4, 0.5) is 16.2 Å².